The molecule has 0 aliphatic carbocycles. The van der Waals surface area contributed by atoms with Crippen LogP contribution < -0.4 is 5.32 Å². The second-order valence-electron chi connectivity index (χ2n) is 3.39. The van der Waals surface area contributed by atoms with E-state index in [1.54, 1.807) is 12.5 Å². The first-order chi connectivity index (χ1) is 7.40. The van der Waals surface area contributed by atoms with Crippen molar-refractivity contribution in [1.82, 2.24) is 10.3 Å². The van der Waals surface area contributed by atoms with E-state index in [1.807, 2.05) is 19.2 Å². The predicted molar refractivity (Wildman–Crippen MR) is 59.6 cm³/mol. The lowest BCUT2D eigenvalue weighted by Gasteiger charge is -2.02. The minimum Gasteiger partial charge on any atom is -0.445 e. The molecule has 0 saturated heterocycles. The minimum absolute atomic E-state index is 0.682. The molecule has 0 atom stereocenters. The number of hydrogen-bond acceptors (Lipinski definition) is 3. The second kappa shape index (κ2) is 4.75. The summed E-state index contributed by atoms with van der Waals surface area (Å²) in [7, 11) is 1.96. The van der Waals surface area contributed by atoms with Crippen molar-refractivity contribution in [2.24, 2.45) is 0 Å². The Balaban J connectivity index is 2.19. The normalized spacial score (nSPS) is 10.5. The fourth-order valence-corrected chi connectivity index (χ4v) is 1.50. The van der Waals surface area contributed by atoms with Crippen LogP contribution in [0.5, 0.6) is 0 Å². The van der Waals surface area contributed by atoms with E-state index < -0.39 is 0 Å². The molecule has 0 bridgehead atoms. The highest BCUT2D eigenvalue weighted by molar-refractivity contribution is 5.54. The zero-order valence-corrected chi connectivity index (χ0v) is 8.73. The lowest BCUT2D eigenvalue weighted by Crippen LogP contribution is -2.10. The molecular weight excluding hydrogens is 188 g/mol. The Labute approximate surface area is 89.1 Å². The van der Waals surface area contributed by atoms with Crippen molar-refractivity contribution in [3.8, 4) is 11.5 Å². The van der Waals surface area contributed by atoms with Gasteiger partial charge in [0, 0.05) is 5.56 Å². The van der Waals surface area contributed by atoms with Gasteiger partial charge in [-0.25, -0.2) is 4.98 Å². The first-order valence-electron chi connectivity index (χ1n) is 5.03. The van der Waals surface area contributed by atoms with Gasteiger partial charge in [0.05, 0.1) is 6.20 Å². The van der Waals surface area contributed by atoms with Crippen LogP contribution >= 0.6 is 0 Å². The highest BCUT2D eigenvalue weighted by Gasteiger charge is 2.02. The standard InChI is InChI=1S/C12H14N2O/c1-13-6-5-10-3-2-4-11(9-10)12-14-7-8-15-12/h2-4,7-9,13H,5-6H2,1H3. The molecule has 0 saturated carbocycles. The Morgan fingerprint density at radius 1 is 1.40 bits per heavy atom. The zero-order chi connectivity index (χ0) is 10.5. The minimum atomic E-state index is 0.682. The Bertz CT molecular complexity index is 409. The average Bonchev–Trinajstić information content (AvgIpc) is 2.80. The largest absolute Gasteiger partial charge is 0.445 e. The number of benzene rings is 1. The van der Waals surface area contributed by atoms with Crippen LogP contribution in [-0.4, -0.2) is 18.6 Å². The average molecular weight is 202 g/mol. The van der Waals surface area contributed by atoms with Crippen LogP contribution in [0.3, 0.4) is 0 Å². The lowest BCUT2D eigenvalue weighted by atomic mass is 10.1. The monoisotopic (exact) mass is 202 g/mol. The molecule has 1 N–H and O–H groups in total. The first-order valence-corrected chi connectivity index (χ1v) is 5.03. The van der Waals surface area contributed by atoms with Gasteiger partial charge >= 0.3 is 0 Å². The number of aromatic nitrogens is 1. The number of hydrogen-bond donors (Lipinski definition) is 1. The van der Waals surface area contributed by atoms with E-state index >= 15 is 0 Å². The maximum Gasteiger partial charge on any atom is 0.225 e. The van der Waals surface area contributed by atoms with Gasteiger partial charge in [-0.2, -0.15) is 0 Å². The van der Waals surface area contributed by atoms with Crippen molar-refractivity contribution in [3.63, 3.8) is 0 Å². The second-order valence-corrected chi connectivity index (χ2v) is 3.39. The molecule has 0 aliphatic heterocycles. The Morgan fingerprint density at radius 2 is 2.33 bits per heavy atom. The molecule has 2 rings (SSSR count). The van der Waals surface area contributed by atoms with Crippen LogP contribution in [-0.2, 0) is 6.42 Å². The van der Waals surface area contributed by atoms with Crippen molar-refractivity contribution < 1.29 is 4.42 Å². The third-order valence-electron chi connectivity index (χ3n) is 2.27. The molecule has 3 nitrogen and oxygen atoms in total. The van der Waals surface area contributed by atoms with Crippen molar-refractivity contribution in [2.45, 2.75) is 6.42 Å². The number of rotatable bonds is 4. The molecule has 0 unspecified atom stereocenters. The van der Waals surface area contributed by atoms with Crippen LogP contribution in [0.1, 0.15) is 5.56 Å². The van der Waals surface area contributed by atoms with E-state index in [4.69, 9.17) is 4.42 Å². The molecular formula is C12H14N2O. The summed E-state index contributed by atoms with van der Waals surface area (Å²) in [5, 5.41) is 3.13. The molecule has 1 aromatic carbocycles. The summed E-state index contributed by atoms with van der Waals surface area (Å²) in [5.74, 6) is 0.682. The summed E-state index contributed by atoms with van der Waals surface area (Å²) in [6.45, 7) is 0.981. The van der Waals surface area contributed by atoms with Gasteiger partial charge in [0.25, 0.3) is 0 Å². The third-order valence-corrected chi connectivity index (χ3v) is 2.27. The van der Waals surface area contributed by atoms with Crippen LogP contribution in [0.25, 0.3) is 11.5 Å². The van der Waals surface area contributed by atoms with Crippen LogP contribution in [0.2, 0.25) is 0 Å². The summed E-state index contributed by atoms with van der Waals surface area (Å²) in [5.41, 5.74) is 2.33. The van der Waals surface area contributed by atoms with Crippen molar-refractivity contribution in [2.75, 3.05) is 13.6 Å². The smallest absolute Gasteiger partial charge is 0.225 e. The number of likely N-dealkylation sites (N-methyl/N-ethyl adjacent to an activating group) is 1. The van der Waals surface area contributed by atoms with Crippen LogP contribution in [0.15, 0.2) is 41.1 Å². The van der Waals surface area contributed by atoms with E-state index in [9.17, 15) is 0 Å². The number of nitrogens with one attached hydrogen (secondary N) is 1. The topological polar surface area (TPSA) is 38.1 Å². The van der Waals surface area contributed by atoms with Gasteiger partial charge in [-0.05, 0) is 37.7 Å². The Morgan fingerprint density at radius 3 is 3.07 bits per heavy atom. The zero-order valence-electron chi connectivity index (χ0n) is 8.73. The fraction of sp³-hybridized carbons (Fsp3) is 0.250. The summed E-state index contributed by atoms with van der Waals surface area (Å²) < 4.78 is 5.25. The van der Waals surface area contributed by atoms with E-state index in [0.29, 0.717) is 5.89 Å². The van der Waals surface area contributed by atoms with Gasteiger partial charge in [0.2, 0.25) is 5.89 Å². The molecule has 0 radical (unpaired) electrons. The highest BCUT2D eigenvalue weighted by atomic mass is 16.3. The van der Waals surface area contributed by atoms with E-state index in [-0.39, 0.29) is 0 Å². The Kier molecular flexibility index (Phi) is 3.15. The third kappa shape index (κ3) is 2.44. The molecule has 78 valence electrons. The van der Waals surface area contributed by atoms with E-state index in [0.717, 1.165) is 18.5 Å². The van der Waals surface area contributed by atoms with Crippen LogP contribution in [0, 0.1) is 0 Å². The maximum absolute atomic E-state index is 5.25. The molecule has 1 heterocycles. The van der Waals surface area contributed by atoms with E-state index in [2.05, 4.69) is 22.4 Å². The molecule has 2 aromatic rings. The quantitative estimate of drug-likeness (QED) is 0.825. The van der Waals surface area contributed by atoms with Gasteiger partial charge in [0.15, 0.2) is 0 Å². The van der Waals surface area contributed by atoms with Crippen molar-refractivity contribution in [3.05, 3.63) is 42.3 Å². The summed E-state index contributed by atoms with van der Waals surface area (Å²) in [6.07, 6.45) is 4.27. The highest BCUT2D eigenvalue weighted by Crippen LogP contribution is 2.18. The molecule has 15 heavy (non-hydrogen) atoms. The predicted octanol–water partition coefficient (Wildman–Crippen LogP) is 2.10. The number of oxazole rings is 1. The van der Waals surface area contributed by atoms with Gasteiger partial charge in [-0.1, -0.05) is 12.1 Å². The van der Waals surface area contributed by atoms with E-state index in [1.165, 1.54) is 5.56 Å². The fourth-order valence-electron chi connectivity index (χ4n) is 1.50. The van der Waals surface area contributed by atoms with Crippen molar-refractivity contribution in [1.29, 1.82) is 0 Å². The van der Waals surface area contributed by atoms with Gasteiger partial charge < -0.3 is 9.73 Å². The molecule has 0 aliphatic rings. The number of nitrogens with zero attached hydrogens (tertiary/aromatic N) is 1. The SMILES string of the molecule is CNCCc1cccc(-c2ncco2)c1. The van der Waals surface area contributed by atoms with Crippen molar-refractivity contribution >= 4 is 0 Å². The summed E-state index contributed by atoms with van der Waals surface area (Å²) in [4.78, 5) is 4.13. The Hall–Kier alpha value is -1.61. The van der Waals surface area contributed by atoms with Gasteiger partial charge in [0.1, 0.15) is 6.26 Å². The summed E-state index contributed by atoms with van der Waals surface area (Å²) in [6, 6.07) is 8.27. The van der Waals surface area contributed by atoms with Crippen LogP contribution in [0.4, 0.5) is 0 Å². The molecule has 0 spiro atoms. The summed E-state index contributed by atoms with van der Waals surface area (Å²) >= 11 is 0. The lowest BCUT2D eigenvalue weighted by molar-refractivity contribution is 0.574. The molecule has 0 amide bonds. The molecule has 3 heteroatoms. The first kappa shape index (κ1) is 9.93. The molecule has 1 aromatic heterocycles. The van der Waals surface area contributed by atoms with Gasteiger partial charge in [-0.15, -0.1) is 0 Å². The molecule has 0 fully saturated rings. The van der Waals surface area contributed by atoms with Gasteiger partial charge in [-0.3, -0.25) is 0 Å². The maximum atomic E-state index is 5.25.